The van der Waals surface area contributed by atoms with E-state index in [0.717, 1.165) is 16.9 Å². The van der Waals surface area contributed by atoms with Gasteiger partial charge in [-0.2, -0.15) is 14.6 Å². The van der Waals surface area contributed by atoms with E-state index < -0.39 is 0 Å². The SMILES string of the molecule is Cl.c1ccc(Nc2nccc(NCc3nnc4ccc(-c5ccccc5)nn34)n2)cc1. The minimum Gasteiger partial charge on any atom is -0.363 e. The summed E-state index contributed by atoms with van der Waals surface area (Å²) >= 11 is 0. The summed E-state index contributed by atoms with van der Waals surface area (Å²) in [4.78, 5) is 8.77. The predicted octanol–water partition coefficient (Wildman–Crippen LogP) is 4.36. The first kappa shape index (κ1) is 20.2. The number of aromatic nitrogens is 6. The molecule has 8 nitrogen and oxygen atoms in total. The summed E-state index contributed by atoms with van der Waals surface area (Å²) < 4.78 is 1.75. The monoisotopic (exact) mass is 430 g/mol. The lowest BCUT2D eigenvalue weighted by Gasteiger charge is -2.08. The molecule has 0 aliphatic heterocycles. The summed E-state index contributed by atoms with van der Waals surface area (Å²) in [6, 6.07) is 25.5. The van der Waals surface area contributed by atoms with Crippen molar-refractivity contribution in [3.63, 3.8) is 0 Å². The third-order valence-electron chi connectivity index (χ3n) is 4.51. The smallest absolute Gasteiger partial charge is 0.229 e. The Bertz CT molecular complexity index is 1270. The van der Waals surface area contributed by atoms with Crippen LogP contribution in [0.25, 0.3) is 16.9 Å². The fourth-order valence-electron chi connectivity index (χ4n) is 3.04. The van der Waals surface area contributed by atoms with Crippen LogP contribution in [0.1, 0.15) is 5.82 Å². The molecular formula is C22H19ClN8. The number of anilines is 3. The van der Waals surface area contributed by atoms with E-state index in [4.69, 9.17) is 5.10 Å². The Kier molecular flexibility index (Phi) is 6.00. The number of rotatable bonds is 6. The van der Waals surface area contributed by atoms with E-state index >= 15 is 0 Å². The minimum atomic E-state index is 0. The first-order chi connectivity index (χ1) is 14.8. The molecule has 0 saturated heterocycles. The Morgan fingerprint density at radius 3 is 2.39 bits per heavy atom. The number of hydrogen-bond acceptors (Lipinski definition) is 7. The molecule has 3 heterocycles. The lowest BCUT2D eigenvalue weighted by atomic mass is 10.1. The number of nitrogens with zero attached hydrogens (tertiary/aromatic N) is 6. The van der Waals surface area contributed by atoms with E-state index in [0.29, 0.717) is 29.8 Å². The van der Waals surface area contributed by atoms with Crippen LogP contribution in [0.15, 0.2) is 85.1 Å². The Labute approximate surface area is 184 Å². The molecule has 5 rings (SSSR count). The van der Waals surface area contributed by atoms with Crippen LogP contribution in [0, 0.1) is 0 Å². The average Bonchev–Trinajstić information content (AvgIpc) is 3.21. The summed E-state index contributed by atoms with van der Waals surface area (Å²) in [5.41, 5.74) is 3.52. The minimum absolute atomic E-state index is 0. The zero-order chi connectivity index (χ0) is 20.2. The van der Waals surface area contributed by atoms with Crippen molar-refractivity contribution in [2.24, 2.45) is 0 Å². The van der Waals surface area contributed by atoms with Gasteiger partial charge in [0.2, 0.25) is 5.95 Å². The highest BCUT2D eigenvalue weighted by atomic mass is 35.5. The summed E-state index contributed by atoms with van der Waals surface area (Å²) in [6.45, 7) is 0.425. The molecule has 0 bridgehead atoms. The molecular weight excluding hydrogens is 412 g/mol. The van der Waals surface area contributed by atoms with Crippen molar-refractivity contribution in [1.29, 1.82) is 0 Å². The third-order valence-corrected chi connectivity index (χ3v) is 4.51. The van der Waals surface area contributed by atoms with Crippen LogP contribution in [-0.4, -0.2) is 29.8 Å². The van der Waals surface area contributed by atoms with Crippen molar-refractivity contribution in [2.75, 3.05) is 10.6 Å². The topological polar surface area (TPSA) is 92.9 Å². The zero-order valence-electron chi connectivity index (χ0n) is 16.4. The summed E-state index contributed by atoms with van der Waals surface area (Å²) in [7, 11) is 0. The molecule has 0 radical (unpaired) electrons. The summed E-state index contributed by atoms with van der Waals surface area (Å²) in [5.74, 6) is 1.89. The van der Waals surface area contributed by atoms with Crippen LogP contribution in [-0.2, 0) is 6.54 Å². The lowest BCUT2D eigenvalue weighted by molar-refractivity contribution is 0.829. The Balaban J connectivity index is 0.00000231. The summed E-state index contributed by atoms with van der Waals surface area (Å²) in [6.07, 6.45) is 1.70. The van der Waals surface area contributed by atoms with Crippen LogP contribution in [0.4, 0.5) is 17.5 Å². The molecule has 0 unspecified atom stereocenters. The fraction of sp³-hybridized carbons (Fsp3) is 0.0455. The zero-order valence-corrected chi connectivity index (χ0v) is 17.2. The van der Waals surface area contributed by atoms with Crippen molar-refractivity contribution in [3.05, 3.63) is 90.9 Å². The maximum Gasteiger partial charge on any atom is 0.229 e. The second-order valence-corrected chi connectivity index (χ2v) is 6.58. The third kappa shape index (κ3) is 4.59. The first-order valence-corrected chi connectivity index (χ1v) is 9.51. The van der Waals surface area contributed by atoms with E-state index in [2.05, 4.69) is 30.8 Å². The van der Waals surface area contributed by atoms with Gasteiger partial charge in [-0.25, -0.2) is 4.98 Å². The van der Waals surface area contributed by atoms with E-state index in [9.17, 15) is 0 Å². The number of nitrogens with one attached hydrogen (secondary N) is 2. The molecule has 9 heteroatoms. The van der Waals surface area contributed by atoms with Crippen molar-refractivity contribution in [2.45, 2.75) is 6.54 Å². The van der Waals surface area contributed by atoms with Crippen molar-refractivity contribution >= 4 is 35.5 Å². The highest BCUT2D eigenvalue weighted by Crippen LogP contribution is 2.17. The van der Waals surface area contributed by atoms with Crippen molar-refractivity contribution in [1.82, 2.24) is 29.8 Å². The van der Waals surface area contributed by atoms with Crippen LogP contribution >= 0.6 is 12.4 Å². The maximum atomic E-state index is 4.70. The van der Waals surface area contributed by atoms with Gasteiger partial charge in [-0.15, -0.1) is 22.6 Å². The van der Waals surface area contributed by atoms with Gasteiger partial charge >= 0.3 is 0 Å². The fourth-order valence-corrected chi connectivity index (χ4v) is 3.04. The lowest BCUT2D eigenvalue weighted by Crippen LogP contribution is -2.08. The van der Waals surface area contributed by atoms with Crippen molar-refractivity contribution < 1.29 is 0 Å². The first-order valence-electron chi connectivity index (χ1n) is 9.51. The summed E-state index contributed by atoms with van der Waals surface area (Å²) in [5, 5.41) is 19.6. The number of halogens is 1. The molecule has 0 fully saturated rings. The van der Waals surface area contributed by atoms with Gasteiger partial charge in [-0.1, -0.05) is 48.5 Å². The molecule has 154 valence electrons. The van der Waals surface area contributed by atoms with Crippen molar-refractivity contribution in [3.8, 4) is 11.3 Å². The van der Waals surface area contributed by atoms with Gasteiger partial charge in [-0.3, -0.25) is 0 Å². The van der Waals surface area contributed by atoms with E-state index in [1.54, 1.807) is 10.7 Å². The molecule has 0 aliphatic rings. The molecule has 2 N–H and O–H groups in total. The Morgan fingerprint density at radius 2 is 1.58 bits per heavy atom. The van der Waals surface area contributed by atoms with Gasteiger partial charge in [0.15, 0.2) is 11.5 Å². The van der Waals surface area contributed by atoms with Crippen LogP contribution < -0.4 is 10.6 Å². The standard InChI is InChI=1S/C22H18N8.ClH/c1-3-7-16(8-4-1)18-11-12-20-27-28-21(30(20)29-18)15-24-19-13-14-23-22(26-19)25-17-9-5-2-6-10-17;/h1-14H,15H2,(H2,23,24,25,26);1H. The molecule has 0 amide bonds. The molecule has 0 aliphatic carbocycles. The molecule has 0 saturated carbocycles. The van der Waals surface area contributed by atoms with Crippen LogP contribution in [0.2, 0.25) is 0 Å². The Hall–Kier alpha value is -4.04. The predicted molar refractivity (Wildman–Crippen MR) is 123 cm³/mol. The van der Waals surface area contributed by atoms with Gasteiger partial charge in [0.1, 0.15) is 5.82 Å². The van der Waals surface area contributed by atoms with E-state index in [-0.39, 0.29) is 12.4 Å². The van der Waals surface area contributed by atoms with E-state index in [1.807, 2.05) is 78.9 Å². The van der Waals surface area contributed by atoms with Gasteiger partial charge in [0.25, 0.3) is 0 Å². The molecule has 0 spiro atoms. The second-order valence-electron chi connectivity index (χ2n) is 6.58. The number of para-hydroxylation sites is 1. The second kappa shape index (κ2) is 9.19. The maximum absolute atomic E-state index is 4.70. The Morgan fingerprint density at radius 1 is 0.806 bits per heavy atom. The largest absolute Gasteiger partial charge is 0.363 e. The van der Waals surface area contributed by atoms with Gasteiger partial charge in [0, 0.05) is 17.4 Å². The molecule has 0 atom stereocenters. The van der Waals surface area contributed by atoms with Gasteiger partial charge < -0.3 is 10.6 Å². The highest BCUT2D eigenvalue weighted by Gasteiger charge is 2.09. The molecule has 31 heavy (non-hydrogen) atoms. The van der Waals surface area contributed by atoms with Gasteiger partial charge in [0.05, 0.1) is 12.2 Å². The van der Waals surface area contributed by atoms with E-state index in [1.165, 1.54) is 0 Å². The molecule has 2 aromatic carbocycles. The normalized spacial score (nSPS) is 10.5. The molecule has 5 aromatic rings. The highest BCUT2D eigenvalue weighted by molar-refractivity contribution is 5.85. The van der Waals surface area contributed by atoms with Crippen LogP contribution in [0.5, 0.6) is 0 Å². The van der Waals surface area contributed by atoms with Gasteiger partial charge in [-0.05, 0) is 30.3 Å². The molecule has 3 aromatic heterocycles. The number of benzene rings is 2. The quantitative estimate of drug-likeness (QED) is 0.413. The van der Waals surface area contributed by atoms with Crippen LogP contribution in [0.3, 0.4) is 0 Å². The number of fused-ring (bicyclic) bond motifs is 1. The average molecular weight is 431 g/mol. The number of hydrogen-bond donors (Lipinski definition) is 2.